The number of hydrogen-bond acceptors (Lipinski definition) is 6. The van der Waals surface area contributed by atoms with E-state index in [1.54, 1.807) is 24.3 Å². The number of carbonyl (C=O) groups is 2. The Morgan fingerprint density at radius 2 is 1.93 bits per heavy atom. The summed E-state index contributed by atoms with van der Waals surface area (Å²) in [7, 11) is 0. The Kier molecular flexibility index (Phi) is 7.12. The highest BCUT2D eigenvalue weighted by Gasteiger charge is 2.22. The number of rotatable bonds is 7. The van der Waals surface area contributed by atoms with Crippen LogP contribution in [-0.2, 0) is 9.59 Å². The molecule has 1 aliphatic rings. The maximum atomic E-state index is 12.3. The van der Waals surface area contributed by atoms with Gasteiger partial charge in [-0.05, 0) is 67.8 Å². The number of anilines is 1. The molecular weight excluding hydrogens is 420 g/mol. The van der Waals surface area contributed by atoms with Gasteiger partial charge in [-0.3, -0.25) is 9.59 Å². The number of ether oxygens (including phenoxy) is 2. The third-order valence-electron chi connectivity index (χ3n) is 4.36. The Balaban J connectivity index is 1.68. The van der Waals surface area contributed by atoms with Crippen LogP contribution in [0.25, 0.3) is 6.08 Å². The molecular formula is C22H22N2O4S2. The van der Waals surface area contributed by atoms with Crippen LogP contribution in [0.1, 0.15) is 23.6 Å². The van der Waals surface area contributed by atoms with Crippen LogP contribution in [0.2, 0.25) is 0 Å². The summed E-state index contributed by atoms with van der Waals surface area (Å²) < 4.78 is 11.8. The number of carbonyl (C=O) groups excluding carboxylic acids is 2. The Bertz CT molecular complexity index is 1030. The molecule has 1 saturated heterocycles. The molecule has 3 rings (SSSR count). The van der Waals surface area contributed by atoms with E-state index in [1.165, 1.54) is 11.8 Å². The molecule has 0 radical (unpaired) electrons. The smallest absolute Gasteiger partial charge is 0.263 e. The first-order valence-electron chi connectivity index (χ1n) is 9.37. The van der Waals surface area contributed by atoms with Gasteiger partial charge < -0.3 is 20.1 Å². The molecule has 2 aromatic rings. The largest absolute Gasteiger partial charge is 0.490 e. The first-order chi connectivity index (χ1) is 14.4. The minimum absolute atomic E-state index is 0.153. The summed E-state index contributed by atoms with van der Waals surface area (Å²) in [5.41, 5.74) is 3.76. The van der Waals surface area contributed by atoms with Crippen molar-refractivity contribution in [2.24, 2.45) is 0 Å². The van der Waals surface area contributed by atoms with E-state index < -0.39 is 0 Å². The predicted molar refractivity (Wildman–Crippen MR) is 124 cm³/mol. The Morgan fingerprint density at radius 1 is 1.13 bits per heavy atom. The van der Waals surface area contributed by atoms with Gasteiger partial charge in [0.05, 0.1) is 11.5 Å². The lowest BCUT2D eigenvalue weighted by Crippen LogP contribution is -2.20. The number of benzene rings is 2. The van der Waals surface area contributed by atoms with Gasteiger partial charge in [-0.2, -0.15) is 0 Å². The van der Waals surface area contributed by atoms with Crippen molar-refractivity contribution < 1.29 is 19.1 Å². The molecule has 8 heteroatoms. The summed E-state index contributed by atoms with van der Waals surface area (Å²) >= 11 is 6.22. The number of thiocarbonyl (C=S) groups is 1. The SMILES string of the molecule is CCOc1cc(/C=C2\SC(=S)NC2=O)ccc1OCC(=O)Nc1ccc(C)c(C)c1. The topological polar surface area (TPSA) is 76.7 Å². The van der Waals surface area contributed by atoms with E-state index in [9.17, 15) is 9.59 Å². The maximum Gasteiger partial charge on any atom is 0.263 e. The van der Waals surface area contributed by atoms with Crippen molar-refractivity contribution in [2.75, 3.05) is 18.5 Å². The lowest BCUT2D eigenvalue weighted by atomic mass is 10.1. The third kappa shape index (κ3) is 5.61. The molecule has 0 aliphatic carbocycles. The van der Waals surface area contributed by atoms with Crippen LogP contribution in [0.5, 0.6) is 11.5 Å². The van der Waals surface area contributed by atoms with Gasteiger partial charge in [0.2, 0.25) is 0 Å². The van der Waals surface area contributed by atoms with E-state index in [0.717, 1.165) is 22.4 Å². The van der Waals surface area contributed by atoms with Crippen LogP contribution in [0.4, 0.5) is 5.69 Å². The predicted octanol–water partition coefficient (Wildman–Crippen LogP) is 4.21. The van der Waals surface area contributed by atoms with Gasteiger partial charge in [-0.25, -0.2) is 0 Å². The van der Waals surface area contributed by atoms with Crippen LogP contribution < -0.4 is 20.1 Å². The van der Waals surface area contributed by atoms with Crippen LogP contribution in [0, 0.1) is 13.8 Å². The lowest BCUT2D eigenvalue weighted by molar-refractivity contribution is -0.118. The van der Waals surface area contributed by atoms with Crippen molar-refractivity contribution in [3.05, 3.63) is 58.0 Å². The summed E-state index contributed by atoms with van der Waals surface area (Å²) in [5.74, 6) is 0.468. The summed E-state index contributed by atoms with van der Waals surface area (Å²) in [5, 5.41) is 5.41. The highest BCUT2D eigenvalue weighted by molar-refractivity contribution is 8.26. The Hall–Kier alpha value is -2.84. The Labute approximate surface area is 185 Å². The van der Waals surface area contributed by atoms with Crippen LogP contribution >= 0.6 is 24.0 Å². The average molecular weight is 443 g/mol. The van der Waals surface area contributed by atoms with Crippen molar-refractivity contribution in [3.8, 4) is 11.5 Å². The number of amides is 2. The Morgan fingerprint density at radius 3 is 2.60 bits per heavy atom. The highest BCUT2D eigenvalue weighted by atomic mass is 32.2. The highest BCUT2D eigenvalue weighted by Crippen LogP contribution is 2.32. The number of hydrogen-bond donors (Lipinski definition) is 2. The van der Waals surface area contributed by atoms with Crippen molar-refractivity contribution >= 4 is 51.9 Å². The standard InChI is InChI=1S/C22H22N2O4S2/c1-4-27-18-10-15(11-19-21(26)24-22(29)30-19)6-8-17(18)28-12-20(25)23-16-7-5-13(2)14(3)9-16/h5-11H,4,12H2,1-3H3,(H,23,25)(H,24,26,29)/b19-11-. The number of thioether (sulfide) groups is 1. The van der Waals surface area contributed by atoms with E-state index in [0.29, 0.717) is 27.3 Å². The van der Waals surface area contributed by atoms with Gasteiger partial charge in [0.25, 0.3) is 11.8 Å². The normalized spacial score (nSPS) is 14.6. The van der Waals surface area contributed by atoms with Crippen LogP contribution in [-0.4, -0.2) is 29.3 Å². The molecule has 0 atom stereocenters. The van der Waals surface area contributed by atoms with Crippen molar-refractivity contribution in [3.63, 3.8) is 0 Å². The van der Waals surface area contributed by atoms with Gasteiger partial charge in [0.15, 0.2) is 18.1 Å². The second-order valence-corrected chi connectivity index (χ2v) is 8.35. The van der Waals surface area contributed by atoms with E-state index in [4.69, 9.17) is 21.7 Å². The molecule has 156 valence electrons. The molecule has 2 aromatic carbocycles. The van der Waals surface area contributed by atoms with E-state index in [2.05, 4.69) is 10.6 Å². The quantitative estimate of drug-likeness (QED) is 0.494. The average Bonchev–Trinajstić information content (AvgIpc) is 3.01. The molecule has 2 N–H and O–H groups in total. The maximum absolute atomic E-state index is 12.3. The zero-order valence-electron chi connectivity index (χ0n) is 16.9. The van der Waals surface area contributed by atoms with E-state index in [-0.39, 0.29) is 18.4 Å². The minimum Gasteiger partial charge on any atom is -0.490 e. The van der Waals surface area contributed by atoms with Crippen LogP contribution in [0.3, 0.4) is 0 Å². The van der Waals surface area contributed by atoms with E-state index in [1.807, 2.05) is 39.0 Å². The number of nitrogens with one attached hydrogen (secondary N) is 2. The van der Waals surface area contributed by atoms with Gasteiger partial charge in [-0.1, -0.05) is 36.1 Å². The molecule has 6 nitrogen and oxygen atoms in total. The van der Waals surface area contributed by atoms with E-state index >= 15 is 0 Å². The summed E-state index contributed by atoms with van der Waals surface area (Å²) in [6, 6.07) is 11.0. The monoisotopic (exact) mass is 442 g/mol. The second-order valence-electron chi connectivity index (χ2n) is 6.63. The molecule has 2 amide bonds. The van der Waals surface area contributed by atoms with Crippen molar-refractivity contribution in [2.45, 2.75) is 20.8 Å². The fourth-order valence-electron chi connectivity index (χ4n) is 2.73. The summed E-state index contributed by atoms with van der Waals surface area (Å²) in [6.45, 7) is 6.16. The van der Waals surface area contributed by atoms with Crippen molar-refractivity contribution in [1.29, 1.82) is 0 Å². The molecule has 1 fully saturated rings. The minimum atomic E-state index is -0.264. The van der Waals surface area contributed by atoms with Crippen molar-refractivity contribution in [1.82, 2.24) is 5.32 Å². The first-order valence-corrected chi connectivity index (χ1v) is 10.6. The van der Waals surface area contributed by atoms with Gasteiger partial charge in [0.1, 0.15) is 4.32 Å². The lowest BCUT2D eigenvalue weighted by Gasteiger charge is -2.13. The molecule has 0 unspecified atom stereocenters. The third-order valence-corrected chi connectivity index (χ3v) is 5.52. The first kappa shape index (κ1) is 21.9. The fourth-order valence-corrected chi connectivity index (χ4v) is 3.78. The molecule has 0 saturated carbocycles. The molecule has 0 spiro atoms. The molecule has 1 heterocycles. The zero-order valence-corrected chi connectivity index (χ0v) is 18.5. The molecule has 0 bridgehead atoms. The van der Waals surface area contributed by atoms with Gasteiger partial charge in [0, 0.05) is 5.69 Å². The van der Waals surface area contributed by atoms with Gasteiger partial charge >= 0.3 is 0 Å². The zero-order chi connectivity index (χ0) is 21.7. The molecule has 0 aromatic heterocycles. The van der Waals surface area contributed by atoms with Gasteiger partial charge in [-0.15, -0.1) is 0 Å². The van der Waals surface area contributed by atoms with Crippen LogP contribution in [0.15, 0.2) is 41.3 Å². The summed E-state index contributed by atoms with van der Waals surface area (Å²) in [6.07, 6.45) is 1.73. The molecule has 30 heavy (non-hydrogen) atoms. The second kappa shape index (κ2) is 9.77. The summed E-state index contributed by atoms with van der Waals surface area (Å²) in [4.78, 5) is 24.6. The number of aryl methyl sites for hydroxylation is 2. The molecule has 1 aliphatic heterocycles. The fraction of sp³-hybridized carbons (Fsp3) is 0.227.